The van der Waals surface area contributed by atoms with Crippen LogP contribution in [0.3, 0.4) is 0 Å². The molecule has 3 aromatic rings. The summed E-state index contributed by atoms with van der Waals surface area (Å²) < 4.78 is 2.58. The molecule has 7 heteroatoms. The Morgan fingerprint density at radius 2 is 1.95 bits per heavy atom. The predicted molar refractivity (Wildman–Crippen MR) is 84.5 cm³/mol. The monoisotopic (exact) mass is 342 g/mol. The van der Waals surface area contributed by atoms with Crippen LogP contribution in [0.1, 0.15) is 5.56 Å². The zero-order valence-corrected chi connectivity index (χ0v) is 12.5. The van der Waals surface area contributed by atoms with E-state index in [-0.39, 0.29) is 0 Å². The Labute approximate surface area is 129 Å². The summed E-state index contributed by atoms with van der Waals surface area (Å²) in [6, 6.07) is 17.4. The van der Waals surface area contributed by atoms with Crippen LogP contribution in [0.5, 0.6) is 0 Å². The number of rotatable bonds is 4. The number of halogens is 1. The molecule has 6 nitrogen and oxygen atoms in total. The number of anilines is 1. The largest absolute Gasteiger partial charge is 0.268 e. The molecule has 104 valence electrons. The zero-order valence-electron chi connectivity index (χ0n) is 10.9. The minimum atomic E-state index is 0.451. The van der Waals surface area contributed by atoms with Crippen molar-refractivity contribution < 1.29 is 0 Å². The number of nitrogens with one attached hydrogen (secondary N) is 1. The zero-order chi connectivity index (χ0) is 14.5. The quantitative estimate of drug-likeness (QED) is 0.584. The first kappa shape index (κ1) is 13.4. The highest BCUT2D eigenvalue weighted by Crippen LogP contribution is 2.11. The summed E-state index contributed by atoms with van der Waals surface area (Å²) >= 11 is 3.42. The third-order valence-corrected chi connectivity index (χ3v) is 3.19. The number of hydrogen-bond donors (Lipinski definition) is 1. The molecular formula is C14H11BrN6. The Morgan fingerprint density at radius 1 is 1.10 bits per heavy atom. The van der Waals surface area contributed by atoms with E-state index in [0.717, 1.165) is 15.7 Å². The summed E-state index contributed by atoms with van der Waals surface area (Å²) in [4.78, 5) is 0. The van der Waals surface area contributed by atoms with Gasteiger partial charge in [-0.1, -0.05) is 51.4 Å². The summed E-state index contributed by atoms with van der Waals surface area (Å²) in [5.74, 6) is 0.451. The molecule has 0 atom stereocenters. The number of benzene rings is 2. The van der Waals surface area contributed by atoms with Gasteiger partial charge < -0.3 is 0 Å². The first-order valence-electron chi connectivity index (χ1n) is 6.21. The summed E-state index contributed by atoms with van der Waals surface area (Å²) in [6.45, 7) is 0. The van der Waals surface area contributed by atoms with Crippen LogP contribution >= 0.6 is 15.9 Å². The van der Waals surface area contributed by atoms with E-state index in [9.17, 15) is 0 Å². The normalized spacial score (nSPS) is 10.9. The van der Waals surface area contributed by atoms with Crippen LogP contribution in [0.15, 0.2) is 64.2 Å². The molecule has 0 unspecified atom stereocenters. The third-order valence-electron chi connectivity index (χ3n) is 2.70. The van der Waals surface area contributed by atoms with Crippen LogP contribution in [0.2, 0.25) is 0 Å². The van der Waals surface area contributed by atoms with Crippen molar-refractivity contribution >= 4 is 28.1 Å². The van der Waals surface area contributed by atoms with E-state index in [2.05, 4.69) is 42.0 Å². The lowest BCUT2D eigenvalue weighted by atomic mass is 10.2. The second-order valence-electron chi connectivity index (χ2n) is 4.17. The topological polar surface area (TPSA) is 68.0 Å². The van der Waals surface area contributed by atoms with E-state index in [1.807, 2.05) is 54.6 Å². The van der Waals surface area contributed by atoms with Crippen molar-refractivity contribution in [3.63, 3.8) is 0 Å². The lowest BCUT2D eigenvalue weighted by molar-refractivity contribution is 0.790. The number of para-hydroxylation sites is 1. The van der Waals surface area contributed by atoms with E-state index >= 15 is 0 Å². The molecule has 1 heterocycles. The summed E-state index contributed by atoms with van der Waals surface area (Å²) in [7, 11) is 0. The lowest BCUT2D eigenvalue weighted by Crippen LogP contribution is -2.03. The van der Waals surface area contributed by atoms with Crippen LogP contribution in [0.4, 0.5) is 5.95 Å². The molecule has 1 aromatic heterocycles. The van der Waals surface area contributed by atoms with Crippen molar-refractivity contribution in [2.45, 2.75) is 0 Å². The van der Waals surface area contributed by atoms with E-state index in [4.69, 9.17) is 0 Å². The molecule has 1 N–H and O–H groups in total. The fraction of sp³-hybridized carbons (Fsp3) is 0. The van der Waals surface area contributed by atoms with Crippen molar-refractivity contribution in [2.24, 2.45) is 5.10 Å². The highest BCUT2D eigenvalue weighted by atomic mass is 79.9. The first-order valence-corrected chi connectivity index (χ1v) is 7.01. The summed E-state index contributed by atoms with van der Waals surface area (Å²) in [6.07, 6.45) is 1.70. The predicted octanol–water partition coefficient (Wildman–Crippen LogP) is 2.87. The van der Waals surface area contributed by atoms with Crippen LogP contribution < -0.4 is 5.43 Å². The molecule has 0 fully saturated rings. The second-order valence-corrected chi connectivity index (χ2v) is 5.09. The van der Waals surface area contributed by atoms with Gasteiger partial charge in [0.05, 0.1) is 11.9 Å². The van der Waals surface area contributed by atoms with Crippen molar-refractivity contribution in [1.29, 1.82) is 0 Å². The van der Waals surface area contributed by atoms with Gasteiger partial charge in [-0.25, -0.2) is 5.43 Å². The standard InChI is InChI=1S/C14H11BrN6/c15-12-6-4-5-11(9-12)10-16-17-14-18-19-20-21(14)13-7-2-1-3-8-13/h1-10H,(H,17,18,20). The van der Waals surface area contributed by atoms with Gasteiger partial charge in [0, 0.05) is 4.47 Å². The number of hydrogen-bond acceptors (Lipinski definition) is 5. The Bertz CT molecular complexity index is 753. The first-order chi connectivity index (χ1) is 10.3. The third kappa shape index (κ3) is 3.32. The maximum Gasteiger partial charge on any atom is 0.268 e. The highest BCUT2D eigenvalue weighted by Gasteiger charge is 2.05. The molecule has 0 saturated carbocycles. The summed E-state index contributed by atoms with van der Waals surface area (Å²) in [5, 5.41) is 15.7. The average Bonchev–Trinajstić information content (AvgIpc) is 2.97. The Balaban J connectivity index is 1.76. The molecule has 0 amide bonds. The fourth-order valence-corrected chi connectivity index (χ4v) is 2.17. The highest BCUT2D eigenvalue weighted by molar-refractivity contribution is 9.10. The maximum absolute atomic E-state index is 4.15. The molecule has 0 radical (unpaired) electrons. The van der Waals surface area contributed by atoms with Crippen LogP contribution in [0.25, 0.3) is 5.69 Å². The van der Waals surface area contributed by atoms with E-state index in [1.54, 1.807) is 10.9 Å². The maximum atomic E-state index is 4.15. The van der Waals surface area contributed by atoms with Gasteiger partial charge in [-0.2, -0.15) is 9.78 Å². The fourth-order valence-electron chi connectivity index (χ4n) is 1.75. The van der Waals surface area contributed by atoms with Crippen LogP contribution in [-0.2, 0) is 0 Å². The molecular weight excluding hydrogens is 332 g/mol. The van der Waals surface area contributed by atoms with Gasteiger partial charge in [0.1, 0.15) is 0 Å². The van der Waals surface area contributed by atoms with Gasteiger partial charge in [0.25, 0.3) is 5.95 Å². The molecule has 21 heavy (non-hydrogen) atoms. The van der Waals surface area contributed by atoms with Crippen molar-refractivity contribution in [1.82, 2.24) is 20.2 Å². The summed E-state index contributed by atoms with van der Waals surface area (Å²) in [5.41, 5.74) is 4.67. The molecule has 0 aliphatic rings. The van der Waals surface area contributed by atoms with Crippen LogP contribution in [-0.4, -0.2) is 26.4 Å². The smallest absolute Gasteiger partial charge is 0.244 e. The number of tetrazole rings is 1. The van der Waals surface area contributed by atoms with Crippen LogP contribution in [0, 0.1) is 0 Å². The molecule has 0 aliphatic heterocycles. The molecule has 0 aliphatic carbocycles. The van der Waals surface area contributed by atoms with Gasteiger partial charge in [0.15, 0.2) is 0 Å². The van der Waals surface area contributed by atoms with Gasteiger partial charge >= 0.3 is 0 Å². The Morgan fingerprint density at radius 3 is 2.76 bits per heavy atom. The van der Waals surface area contributed by atoms with E-state index in [0.29, 0.717) is 5.95 Å². The molecule has 0 saturated heterocycles. The minimum Gasteiger partial charge on any atom is -0.244 e. The van der Waals surface area contributed by atoms with E-state index < -0.39 is 0 Å². The van der Waals surface area contributed by atoms with Gasteiger partial charge in [-0.15, -0.1) is 0 Å². The molecule has 0 bridgehead atoms. The van der Waals surface area contributed by atoms with Gasteiger partial charge in [0.2, 0.25) is 0 Å². The number of aromatic nitrogens is 4. The number of nitrogens with zero attached hydrogens (tertiary/aromatic N) is 5. The van der Waals surface area contributed by atoms with Crippen molar-refractivity contribution in [3.8, 4) is 5.69 Å². The van der Waals surface area contributed by atoms with Crippen molar-refractivity contribution in [3.05, 3.63) is 64.6 Å². The molecule has 0 spiro atoms. The Kier molecular flexibility index (Phi) is 4.02. The second kappa shape index (κ2) is 6.27. The van der Waals surface area contributed by atoms with Crippen molar-refractivity contribution in [2.75, 3.05) is 5.43 Å². The average molecular weight is 343 g/mol. The van der Waals surface area contributed by atoms with Gasteiger partial charge in [-0.3, -0.25) is 0 Å². The minimum absolute atomic E-state index is 0.451. The SMILES string of the molecule is Brc1cccc(C=NNc2nnnn2-c2ccccc2)c1. The lowest BCUT2D eigenvalue weighted by Gasteiger charge is -2.02. The molecule has 2 aromatic carbocycles. The van der Waals surface area contributed by atoms with E-state index in [1.165, 1.54) is 0 Å². The Hall–Kier alpha value is -2.54. The number of hydrazone groups is 1. The van der Waals surface area contributed by atoms with Gasteiger partial charge in [-0.05, 0) is 40.3 Å². The molecule has 3 rings (SSSR count).